The van der Waals surface area contributed by atoms with E-state index in [9.17, 15) is 0 Å². The monoisotopic (exact) mass is 206 g/mol. The van der Waals surface area contributed by atoms with Gasteiger partial charge in [0.1, 0.15) is 0 Å². The van der Waals surface area contributed by atoms with Gasteiger partial charge >= 0.3 is 0 Å². The van der Waals surface area contributed by atoms with Gasteiger partial charge in [0.15, 0.2) is 0 Å². The van der Waals surface area contributed by atoms with E-state index in [4.69, 9.17) is 0 Å². The first-order chi connectivity index (χ1) is 7.95. The molecular weight excluding hydrogens is 192 g/mol. The molecule has 2 atom stereocenters. The molecule has 3 rings (SSSR count). The lowest BCUT2D eigenvalue weighted by molar-refractivity contribution is 0.697. The van der Waals surface area contributed by atoms with Crippen molar-refractivity contribution in [3.05, 3.63) is 77.9 Å². The van der Waals surface area contributed by atoms with Crippen LogP contribution in [0.5, 0.6) is 0 Å². The first kappa shape index (κ1) is 9.41. The fourth-order valence-electron chi connectivity index (χ4n) is 2.44. The van der Waals surface area contributed by atoms with Gasteiger partial charge in [-0.25, -0.2) is 0 Å². The fraction of sp³-hybridized carbons (Fsp3) is 0.125. The lowest BCUT2D eigenvalue weighted by atomic mass is 9.80. The SMILES string of the molecule is C1=CC2/C=C\C=C/c3ccccc3C2C=C1. The Kier molecular flexibility index (Phi) is 2.34. The highest BCUT2D eigenvalue weighted by Crippen LogP contribution is 2.34. The molecule has 0 spiro atoms. The van der Waals surface area contributed by atoms with Gasteiger partial charge in [-0.2, -0.15) is 0 Å². The Hall–Kier alpha value is -1.82. The molecule has 0 saturated carbocycles. The van der Waals surface area contributed by atoms with E-state index in [1.807, 2.05) is 0 Å². The highest BCUT2D eigenvalue weighted by molar-refractivity contribution is 5.58. The molecule has 0 saturated heterocycles. The highest BCUT2D eigenvalue weighted by atomic mass is 14.2. The Morgan fingerprint density at radius 3 is 2.44 bits per heavy atom. The van der Waals surface area contributed by atoms with Crippen molar-refractivity contribution in [2.24, 2.45) is 5.92 Å². The van der Waals surface area contributed by atoms with Gasteiger partial charge in [0.25, 0.3) is 0 Å². The number of fused-ring (bicyclic) bond motifs is 3. The van der Waals surface area contributed by atoms with Crippen LogP contribution in [0.15, 0.2) is 66.8 Å². The summed E-state index contributed by atoms with van der Waals surface area (Å²) in [4.78, 5) is 0. The van der Waals surface area contributed by atoms with Crippen LogP contribution in [0.1, 0.15) is 17.0 Å². The van der Waals surface area contributed by atoms with Crippen LogP contribution >= 0.6 is 0 Å². The van der Waals surface area contributed by atoms with Gasteiger partial charge in [-0.3, -0.25) is 0 Å². The Bertz CT molecular complexity index is 501. The van der Waals surface area contributed by atoms with Crippen LogP contribution in [0.2, 0.25) is 0 Å². The number of hydrogen-bond acceptors (Lipinski definition) is 0. The van der Waals surface area contributed by atoms with E-state index in [1.165, 1.54) is 11.1 Å². The highest BCUT2D eigenvalue weighted by Gasteiger charge is 2.20. The molecule has 2 aliphatic carbocycles. The van der Waals surface area contributed by atoms with Crippen LogP contribution in [-0.4, -0.2) is 0 Å². The second kappa shape index (κ2) is 3.97. The summed E-state index contributed by atoms with van der Waals surface area (Å²) in [7, 11) is 0. The molecule has 0 bridgehead atoms. The molecule has 1 aromatic carbocycles. The second-order valence-corrected chi connectivity index (χ2v) is 4.25. The minimum atomic E-state index is 0.488. The van der Waals surface area contributed by atoms with E-state index >= 15 is 0 Å². The summed E-state index contributed by atoms with van der Waals surface area (Å²) in [5, 5.41) is 0. The zero-order valence-electron chi connectivity index (χ0n) is 9.08. The van der Waals surface area contributed by atoms with Gasteiger partial charge in [0, 0.05) is 11.8 Å². The lowest BCUT2D eigenvalue weighted by Gasteiger charge is -2.24. The Labute approximate surface area is 96.3 Å². The van der Waals surface area contributed by atoms with Gasteiger partial charge in [-0.15, -0.1) is 0 Å². The van der Waals surface area contributed by atoms with Crippen molar-refractivity contribution >= 4 is 6.08 Å². The van der Waals surface area contributed by atoms with Crippen LogP contribution in [0.3, 0.4) is 0 Å². The van der Waals surface area contributed by atoms with E-state index in [-0.39, 0.29) is 0 Å². The third-order valence-corrected chi connectivity index (χ3v) is 3.25. The molecule has 16 heavy (non-hydrogen) atoms. The molecule has 1 aromatic rings. The lowest BCUT2D eigenvalue weighted by Crippen LogP contribution is -2.10. The third kappa shape index (κ3) is 1.57. The van der Waals surface area contributed by atoms with Crippen LogP contribution in [-0.2, 0) is 0 Å². The smallest absolute Gasteiger partial charge is 0.0125 e. The standard InChI is InChI=1S/C16H14/c1-2-8-14-10-4-6-12-16(14)15-11-5-3-9-13(15)7-1/h1-13,15H/b7-1-,8-2-. The van der Waals surface area contributed by atoms with Gasteiger partial charge in [-0.05, 0) is 11.1 Å². The van der Waals surface area contributed by atoms with E-state index in [0.29, 0.717) is 11.8 Å². The maximum Gasteiger partial charge on any atom is 0.0125 e. The van der Waals surface area contributed by atoms with Crippen molar-refractivity contribution in [3.63, 3.8) is 0 Å². The largest absolute Gasteiger partial charge is 0.0767 e. The first-order valence-electron chi connectivity index (χ1n) is 5.74. The van der Waals surface area contributed by atoms with Gasteiger partial charge < -0.3 is 0 Å². The van der Waals surface area contributed by atoms with E-state index in [1.54, 1.807) is 0 Å². The first-order valence-corrected chi connectivity index (χ1v) is 5.74. The van der Waals surface area contributed by atoms with Crippen LogP contribution in [0, 0.1) is 5.92 Å². The number of hydrogen-bond donors (Lipinski definition) is 0. The fourth-order valence-corrected chi connectivity index (χ4v) is 2.44. The Morgan fingerprint density at radius 1 is 0.750 bits per heavy atom. The summed E-state index contributed by atoms with van der Waals surface area (Å²) in [6, 6.07) is 8.65. The predicted octanol–water partition coefficient (Wildman–Crippen LogP) is 4.10. The zero-order valence-corrected chi connectivity index (χ0v) is 9.08. The van der Waals surface area contributed by atoms with Crippen LogP contribution < -0.4 is 0 Å². The van der Waals surface area contributed by atoms with E-state index in [0.717, 1.165) is 0 Å². The van der Waals surface area contributed by atoms with Crippen molar-refractivity contribution < 1.29 is 0 Å². The molecule has 2 aliphatic rings. The van der Waals surface area contributed by atoms with Crippen molar-refractivity contribution in [1.82, 2.24) is 0 Å². The molecule has 78 valence electrons. The molecule has 0 N–H and O–H groups in total. The average Bonchev–Trinajstić information content (AvgIpc) is 2.33. The average molecular weight is 206 g/mol. The molecule has 0 radical (unpaired) electrons. The molecular formula is C16H14. The summed E-state index contributed by atoms with van der Waals surface area (Å²) in [6.45, 7) is 0. The van der Waals surface area contributed by atoms with Crippen LogP contribution in [0.4, 0.5) is 0 Å². The topological polar surface area (TPSA) is 0 Å². The summed E-state index contributed by atoms with van der Waals surface area (Å²) in [5.41, 5.74) is 2.76. The normalized spacial score (nSPS) is 29.8. The van der Waals surface area contributed by atoms with Gasteiger partial charge in [-0.1, -0.05) is 72.9 Å². The molecule has 0 aliphatic heterocycles. The number of rotatable bonds is 0. The van der Waals surface area contributed by atoms with Crippen molar-refractivity contribution in [2.45, 2.75) is 5.92 Å². The predicted molar refractivity (Wildman–Crippen MR) is 69.1 cm³/mol. The number of benzene rings is 1. The van der Waals surface area contributed by atoms with Crippen molar-refractivity contribution in [3.8, 4) is 0 Å². The van der Waals surface area contributed by atoms with Gasteiger partial charge in [0.05, 0.1) is 0 Å². The molecule has 0 heteroatoms. The summed E-state index contributed by atoms with van der Waals surface area (Å²) in [6.07, 6.45) is 17.6. The number of allylic oxidation sites excluding steroid dienone is 7. The van der Waals surface area contributed by atoms with Crippen molar-refractivity contribution in [1.29, 1.82) is 0 Å². The molecule has 0 nitrogen and oxygen atoms in total. The molecule has 0 aromatic heterocycles. The quantitative estimate of drug-likeness (QED) is 0.599. The van der Waals surface area contributed by atoms with Crippen LogP contribution in [0.25, 0.3) is 6.08 Å². The van der Waals surface area contributed by atoms with Gasteiger partial charge in [0.2, 0.25) is 0 Å². The molecule has 0 amide bonds. The Morgan fingerprint density at radius 2 is 1.50 bits per heavy atom. The molecule has 0 heterocycles. The molecule has 0 fully saturated rings. The third-order valence-electron chi connectivity index (χ3n) is 3.25. The minimum absolute atomic E-state index is 0.488. The Balaban J connectivity index is 2.16. The second-order valence-electron chi connectivity index (χ2n) is 4.25. The maximum absolute atomic E-state index is 2.30. The summed E-state index contributed by atoms with van der Waals surface area (Å²) < 4.78 is 0. The maximum atomic E-state index is 2.30. The van der Waals surface area contributed by atoms with Crippen molar-refractivity contribution in [2.75, 3.05) is 0 Å². The molecule has 2 unspecified atom stereocenters. The van der Waals surface area contributed by atoms with E-state index in [2.05, 4.69) is 72.9 Å². The summed E-state index contributed by atoms with van der Waals surface area (Å²) in [5.74, 6) is 0.985. The summed E-state index contributed by atoms with van der Waals surface area (Å²) >= 11 is 0. The van der Waals surface area contributed by atoms with E-state index < -0.39 is 0 Å². The zero-order chi connectivity index (χ0) is 10.8. The minimum Gasteiger partial charge on any atom is -0.0767 e.